The molecule has 4 heteroatoms. The lowest BCUT2D eigenvalue weighted by atomic mass is 9.98. The summed E-state index contributed by atoms with van der Waals surface area (Å²) in [5, 5.41) is 3.96. The zero-order chi connectivity index (χ0) is 14.7. The fourth-order valence-electron chi connectivity index (χ4n) is 2.15. The smallest absolute Gasteiger partial charge is 0.222 e. The Labute approximate surface area is 123 Å². The zero-order valence-electron chi connectivity index (χ0n) is 11.7. The van der Waals surface area contributed by atoms with Gasteiger partial charge in [-0.1, -0.05) is 42.4 Å². The van der Waals surface area contributed by atoms with E-state index >= 15 is 0 Å². The van der Waals surface area contributed by atoms with Gasteiger partial charge in [0.1, 0.15) is 11.5 Å². The lowest BCUT2D eigenvalue weighted by molar-refractivity contribution is 0.425. The van der Waals surface area contributed by atoms with Gasteiger partial charge in [0.05, 0.1) is 5.69 Å². The number of nitrogens with two attached hydrogens (primary N) is 1. The van der Waals surface area contributed by atoms with Crippen molar-refractivity contribution in [2.24, 2.45) is 0 Å². The summed E-state index contributed by atoms with van der Waals surface area (Å²) in [6, 6.07) is 19.4. The first-order valence-electron chi connectivity index (χ1n) is 6.77. The van der Waals surface area contributed by atoms with Crippen LogP contribution < -0.4 is 10.5 Å². The van der Waals surface area contributed by atoms with Gasteiger partial charge in [-0.05, 0) is 29.8 Å². The molecule has 1 aromatic heterocycles. The van der Waals surface area contributed by atoms with E-state index in [-0.39, 0.29) is 5.92 Å². The number of aromatic nitrogens is 1. The Hall–Kier alpha value is -2.75. The van der Waals surface area contributed by atoms with E-state index in [2.05, 4.69) is 12.1 Å². The van der Waals surface area contributed by atoms with Gasteiger partial charge in [0.25, 0.3) is 0 Å². The van der Waals surface area contributed by atoms with Gasteiger partial charge in [-0.25, -0.2) is 0 Å². The Balaban J connectivity index is 1.83. The lowest BCUT2D eigenvalue weighted by Crippen LogP contribution is -1.96. The van der Waals surface area contributed by atoms with Crippen LogP contribution in [0.1, 0.15) is 24.1 Å². The monoisotopic (exact) mass is 280 g/mol. The SMILES string of the molecule is CC(c1cccc(Oc2ccccc2)c1)c1cc(N)on1. The summed E-state index contributed by atoms with van der Waals surface area (Å²) in [5.74, 6) is 2.02. The van der Waals surface area contributed by atoms with Crippen LogP contribution in [0, 0.1) is 0 Å². The molecular weight excluding hydrogens is 264 g/mol. The Kier molecular flexibility index (Phi) is 3.60. The quantitative estimate of drug-likeness (QED) is 0.778. The van der Waals surface area contributed by atoms with Crippen molar-refractivity contribution in [3.05, 3.63) is 71.9 Å². The van der Waals surface area contributed by atoms with Gasteiger partial charge in [0.2, 0.25) is 5.88 Å². The van der Waals surface area contributed by atoms with Crippen molar-refractivity contribution in [1.82, 2.24) is 5.16 Å². The lowest BCUT2D eigenvalue weighted by Gasteiger charge is -2.11. The van der Waals surface area contributed by atoms with Gasteiger partial charge in [-0.2, -0.15) is 0 Å². The number of para-hydroxylation sites is 1. The molecule has 0 saturated carbocycles. The van der Waals surface area contributed by atoms with Crippen molar-refractivity contribution in [2.45, 2.75) is 12.8 Å². The molecule has 0 aliphatic rings. The maximum atomic E-state index is 5.84. The number of ether oxygens (including phenoxy) is 1. The van der Waals surface area contributed by atoms with E-state index in [9.17, 15) is 0 Å². The van der Waals surface area contributed by atoms with Crippen molar-refractivity contribution < 1.29 is 9.26 Å². The summed E-state index contributed by atoms with van der Waals surface area (Å²) in [5.41, 5.74) is 7.48. The van der Waals surface area contributed by atoms with Crippen LogP contribution in [0.3, 0.4) is 0 Å². The minimum atomic E-state index is 0.0883. The van der Waals surface area contributed by atoms with E-state index in [0.717, 1.165) is 22.8 Å². The third-order valence-corrected chi connectivity index (χ3v) is 3.33. The summed E-state index contributed by atoms with van der Waals surface area (Å²) >= 11 is 0. The van der Waals surface area contributed by atoms with Crippen LogP contribution in [0.2, 0.25) is 0 Å². The van der Waals surface area contributed by atoms with Gasteiger partial charge in [-0.3, -0.25) is 0 Å². The van der Waals surface area contributed by atoms with Crippen LogP contribution >= 0.6 is 0 Å². The van der Waals surface area contributed by atoms with E-state index in [1.165, 1.54) is 0 Å². The minimum Gasteiger partial charge on any atom is -0.457 e. The number of rotatable bonds is 4. The average Bonchev–Trinajstić information content (AvgIpc) is 2.94. The Bertz CT molecular complexity index is 722. The Morgan fingerprint density at radius 3 is 2.48 bits per heavy atom. The molecule has 0 bridgehead atoms. The Morgan fingerprint density at radius 2 is 1.76 bits per heavy atom. The molecule has 1 atom stereocenters. The average molecular weight is 280 g/mol. The molecule has 0 amide bonds. The van der Waals surface area contributed by atoms with Crippen molar-refractivity contribution in [3.63, 3.8) is 0 Å². The van der Waals surface area contributed by atoms with Gasteiger partial charge in [-0.15, -0.1) is 0 Å². The highest BCUT2D eigenvalue weighted by molar-refractivity contribution is 5.38. The molecule has 1 unspecified atom stereocenters. The molecule has 0 fully saturated rings. The molecule has 0 aliphatic carbocycles. The summed E-state index contributed by atoms with van der Waals surface area (Å²) < 4.78 is 10.8. The predicted octanol–water partition coefficient (Wildman–Crippen LogP) is 4.20. The maximum Gasteiger partial charge on any atom is 0.222 e. The topological polar surface area (TPSA) is 61.3 Å². The van der Waals surface area contributed by atoms with Crippen LogP contribution in [0.5, 0.6) is 11.5 Å². The minimum absolute atomic E-state index is 0.0883. The van der Waals surface area contributed by atoms with Crippen LogP contribution in [0.15, 0.2) is 65.2 Å². The first-order valence-corrected chi connectivity index (χ1v) is 6.77. The van der Waals surface area contributed by atoms with Gasteiger partial charge < -0.3 is 15.0 Å². The molecule has 0 radical (unpaired) electrons. The molecule has 4 nitrogen and oxygen atoms in total. The number of anilines is 1. The number of hydrogen-bond donors (Lipinski definition) is 1. The molecule has 0 aliphatic heterocycles. The number of hydrogen-bond acceptors (Lipinski definition) is 4. The summed E-state index contributed by atoms with van der Waals surface area (Å²) in [7, 11) is 0. The molecular formula is C17H16N2O2. The zero-order valence-corrected chi connectivity index (χ0v) is 11.7. The summed E-state index contributed by atoms with van der Waals surface area (Å²) in [6.07, 6.45) is 0. The van der Waals surface area contributed by atoms with E-state index in [1.807, 2.05) is 54.6 Å². The second kappa shape index (κ2) is 5.71. The van der Waals surface area contributed by atoms with E-state index < -0.39 is 0 Å². The van der Waals surface area contributed by atoms with Crippen molar-refractivity contribution in [3.8, 4) is 11.5 Å². The molecule has 0 spiro atoms. The molecule has 2 N–H and O–H groups in total. The number of nitrogen functional groups attached to an aromatic ring is 1. The normalized spacial score (nSPS) is 12.0. The van der Waals surface area contributed by atoms with Crippen LogP contribution in [-0.2, 0) is 0 Å². The van der Waals surface area contributed by atoms with Gasteiger partial charge in [0, 0.05) is 12.0 Å². The highest BCUT2D eigenvalue weighted by Gasteiger charge is 2.13. The van der Waals surface area contributed by atoms with Gasteiger partial charge >= 0.3 is 0 Å². The molecule has 106 valence electrons. The number of benzene rings is 2. The van der Waals surface area contributed by atoms with Gasteiger partial charge in [0.15, 0.2) is 0 Å². The third-order valence-electron chi connectivity index (χ3n) is 3.33. The standard InChI is InChI=1S/C17H16N2O2/c1-12(16-11-17(18)21-19-16)13-6-5-9-15(10-13)20-14-7-3-2-4-8-14/h2-12H,18H2,1H3. The molecule has 2 aromatic carbocycles. The first-order chi connectivity index (χ1) is 10.2. The van der Waals surface area contributed by atoms with E-state index in [4.69, 9.17) is 15.0 Å². The Morgan fingerprint density at radius 1 is 1.00 bits per heavy atom. The van der Waals surface area contributed by atoms with Crippen LogP contribution in [0.4, 0.5) is 5.88 Å². The van der Waals surface area contributed by atoms with Crippen molar-refractivity contribution >= 4 is 5.88 Å². The maximum absolute atomic E-state index is 5.84. The summed E-state index contributed by atoms with van der Waals surface area (Å²) in [6.45, 7) is 2.05. The first kappa shape index (κ1) is 13.2. The summed E-state index contributed by atoms with van der Waals surface area (Å²) in [4.78, 5) is 0. The fourth-order valence-corrected chi connectivity index (χ4v) is 2.15. The van der Waals surface area contributed by atoms with Crippen molar-refractivity contribution in [1.29, 1.82) is 0 Å². The molecule has 21 heavy (non-hydrogen) atoms. The predicted molar refractivity (Wildman–Crippen MR) is 81.4 cm³/mol. The third kappa shape index (κ3) is 3.05. The second-order valence-electron chi connectivity index (χ2n) is 4.86. The molecule has 3 rings (SSSR count). The molecule has 0 saturated heterocycles. The number of nitrogens with zero attached hydrogens (tertiary/aromatic N) is 1. The highest BCUT2D eigenvalue weighted by atomic mass is 16.5. The van der Waals surface area contributed by atoms with Crippen LogP contribution in [0.25, 0.3) is 0 Å². The van der Waals surface area contributed by atoms with Crippen molar-refractivity contribution in [2.75, 3.05) is 5.73 Å². The van der Waals surface area contributed by atoms with Crippen LogP contribution in [-0.4, -0.2) is 5.16 Å². The highest BCUT2D eigenvalue weighted by Crippen LogP contribution is 2.29. The second-order valence-corrected chi connectivity index (χ2v) is 4.86. The fraction of sp³-hybridized carbons (Fsp3) is 0.118. The van der Waals surface area contributed by atoms with E-state index in [0.29, 0.717) is 5.88 Å². The molecule has 3 aromatic rings. The largest absolute Gasteiger partial charge is 0.457 e. The van der Waals surface area contributed by atoms with E-state index in [1.54, 1.807) is 6.07 Å². The molecule has 1 heterocycles.